The van der Waals surface area contributed by atoms with Gasteiger partial charge in [0.1, 0.15) is 6.10 Å². The Morgan fingerprint density at radius 3 is 2.71 bits per heavy atom. The number of amides is 1. The molecule has 3 aliphatic heterocycles. The van der Waals surface area contributed by atoms with Crippen molar-refractivity contribution >= 4 is 17.3 Å². The second kappa shape index (κ2) is 6.67. The van der Waals surface area contributed by atoms with Gasteiger partial charge in [-0.3, -0.25) is 4.79 Å². The summed E-state index contributed by atoms with van der Waals surface area (Å²) in [5, 5.41) is 12.5. The number of aliphatic hydroxyl groups is 1. The zero-order chi connectivity index (χ0) is 23.4. The number of para-hydroxylation sites is 2. The first-order valence-electron chi connectivity index (χ1n) is 12.3. The fourth-order valence-electron chi connectivity index (χ4n) is 7.95. The van der Waals surface area contributed by atoms with Gasteiger partial charge in [-0.25, -0.2) is 0 Å². The van der Waals surface area contributed by atoms with Crippen molar-refractivity contribution < 1.29 is 19.4 Å². The van der Waals surface area contributed by atoms with Crippen LogP contribution in [-0.2, 0) is 16.6 Å². The van der Waals surface area contributed by atoms with Crippen LogP contribution in [-0.4, -0.2) is 74.0 Å². The van der Waals surface area contributed by atoms with Gasteiger partial charge in [0.2, 0.25) is 5.91 Å². The topological polar surface area (TPSA) is 65.5 Å². The summed E-state index contributed by atoms with van der Waals surface area (Å²) in [6.07, 6.45) is 2.85. The van der Waals surface area contributed by atoms with Gasteiger partial charge < -0.3 is 29.3 Å². The van der Waals surface area contributed by atoms with Crippen LogP contribution in [0.25, 0.3) is 0 Å². The SMILES string of the molecule is COc1ccc2c3c1O[C@H]1[C@H](N4CC(=O)N(C)c5ccccc54)CCC4(O)[C@@H](C2)N(C)CC[C@]314. The minimum absolute atomic E-state index is 0.0220. The average molecular weight is 462 g/mol. The maximum absolute atomic E-state index is 13.0. The molecule has 1 unspecified atom stereocenters. The lowest BCUT2D eigenvalue weighted by Crippen LogP contribution is -2.78. The highest BCUT2D eigenvalue weighted by molar-refractivity contribution is 6.03. The van der Waals surface area contributed by atoms with Crippen LogP contribution in [0.15, 0.2) is 36.4 Å². The number of hydrogen-bond donors (Lipinski definition) is 1. The summed E-state index contributed by atoms with van der Waals surface area (Å²) in [5.41, 5.74) is 3.02. The Balaban J connectivity index is 1.43. The number of nitrogens with zero attached hydrogens (tertiary/aromatic N) is 3. The lowest BCUT2D eigenvalue weighted by molar-refractivity contribution is -0.184. The van der Waals surface area contributed by atoms with Gasteiger partial charge in [-0.1, -0.05) is 18.2 Å². The molecule has 0 radical (unpaired) electrons. The van der Waals surface area contributed by atoms with Crippen molar-refractivity contribution in [2.75, 3.05) is 44.1 Å². The zero-order valence-electron chi connectivity index (χ0n) is 20.0. The number of methoxy groups -OCH3 is 1. The molecule has 2 aromatic rings. The van der Waals surface area contributed by atoms with E-state index in [-0.39, 0.29) is 24.1 Å². The van der Waals surface area contributed by atoms with E-state index in [9.17, 15) is 9.90 Å². The Morgan fingerprint density at radius 1 is 1.12 bits per heavy atom. The maximum Gasteiger partial charge on any atom is 0.246 e. The number of anilines is 2. The predicted molar refractivity (Wildman–Crippen MR) is 129 cm³/mol. The van der Waals surface area contributed by atoms with Crippen molar-refractivity contribution in [2.24, 2.45) is 0 Å². The molecule has 2 fully saturated rings. The minimum Gasteiger partial charge on any atom is -0.493 e. The van der Waals surface area contributed by atoms with Crippen LogP contribution in [0, 0.1) is 0 Å². The first kappa shape index (κ1) is 20.6. The summed E-state index contributed by atoms with van der Waals surface area (Å²) < 4.78 is 12.6. The van der Waals surface area contributed by atoms with E-state index in [0.717, 1.165) is 54.2 Å². The smallest absolute Gasteiger partial charge is 0.246 e. The highest BCUT2D eigenvalue weighted by atomic mass is 16.5. The van der Waals surface area contributed by atoms with Crippen LogP contribution in [0.3, 0.4) is 0 Å². The Kier molecular flexibility index (Phi) is 4.04. The molecule has 1 N–H and O–H groups in total. The molecule has 7 heteroatoms. The average Bonchev–Trinajstić information content (AvgIpc) is 3.19. The van der Waals surface area contributed by atoms with Gasteiger partial charge in [-0.2, -0.15) is 0 Å². The molecular weight excluding hydrogens is 430 g/mol. The number of fused-ring (bicyclic) bond motifs is 1. The molecule has 2 aliphatic carbocycles. The molecule has 1 amide bonds. The molecule has 178 valence electrons. The van der Waals surface area contributed by atoms with Gasteiger partial charge in [0.05, 0.1) is 42.1 Å². The van der Waals surface area contributed by atoms with Crippen molar-refractivity contribution in [1.29, 1.82) is 0 Å². The molecule has 5 atom stereocenters. The van der Waals surface area contributed by atoms with E-state index < -0.39 is 11.0 Å². The Hall–Kier alpha value is -2.77. The second-order valence-corrected chi connectivity index (χ2v) is 10.7. The van der Waals surface area contributed by atoms with Crippen molar-refractivity contribution in [2.45, 2.75) is 54.9 Å². The number of likely N-dealkylation sites (tertiary alicyclic amines) is 1. The van der Waals surface area contributed by atoms with Gasteiger partial charge in [0.25, 0.3) is 0 Å². The van der Waals surface area contributed by atoms with Gasteiger partial charge in [0.15, 0.2) is 11.5 Å². The molecule has 2 bridgehead atoms. The summed E-state index contributed by atoms with van der Waals surface area (Å²) in [4.78, 5) is 19.4. The third kappa shape index (κ3) is 2.23. The van der Waals surface area contributed by atoms with Crippen molar-refractivity contribution in [3.63, 3.8) is 0 Å². The molecule has 1 saturated carbocycles. The summed E-state index contributed by atoms with van der Waals surface area (Å²) >= 11 is 0. The van der Waals surface area contributed by atoms with E-state index in [0.29, 0.717) is 13.0 Å². The number of piperidine rings is 1. The number of carbonyl (C=O) groups excluding carboxylic acids is 1. The fraction of sp³-hybridized carbons (Fsp3) is 0.519. The van der Waals surface area contributed by atoms with Gasteiger partial charge in [0, 0.05) is 18.7 Å². The van der Waals surface area contributed by atoms with E-state index in [1.165, 1.54) is 5.56 Å². The summed E-state index contributed by atoms with van der Waals surface area (Å²) in [5.74, 6) is 1.61. The van der Waals surface area contributed by atoms with E-state index in [2.05, 4.69) is 29.0 Å². The van der Waals surface area contributed by atoms with Gasteiger partial charge >= 0.3 is 0 Å². The summed E-state index contributed by atoms with van der Waals surface area (Å²) in [6.45, 7) is 1.23. The zero-order valence-corrected chi connectivity index (χ0v) is 20.0. The Morgan fingerprint density at radius 2 is 1.91 bits per heavy atom. The summed E-state index contributed by atoms with van der Waals surface area (Å²) in [7, 11) is 5.66. The first-order chi connectivity index (χ1) is 16.4. The second-order valence-electron chi connectivity index (χ2n) is 10.7. The van der Waals surface area contributed by atoms with Crippen molar-refractivity contribution in [1.82, 2.24) is 4.90 Å². The van der Waals surface area contributed by atoms with Crippen LogP contribution < -0.4 is 19.3 Å². The minimum atomic E-state index is -0.873. The predicted octanol–water partition coefficient (Wildman–Crippen LogP) is 2.33. The lowest BCUT2D eigenvalue weighted by Gasteiger charge is -2.64. The normalized spacial score (nSPS) is 35.5. The number of likely N-dealkylation sites (N-methyl/N-ethyl adjacent to an activating group) is 2. The monoisotopic (exact) mass is 461 g/mol. The third-order valence-electron chi connectivity index (χ3n) is 9.54. The highest BCUT2D eigenvalue weighted by Gasteiger charge is 2.73. The Labute approximate surface area is 199 Å². The third-order valence-corrected chi connectivity index (χ3v) is 9.54. The van der Waals surface area contributed by atoms with Gasteiger partial charge in [-0.05, 0) is 63.0 Å². The van der Waals surface area contributed by atoms with Gasteiger partial charge in [-0.15, -0.1) is 0 Å². The van der Waals surface area contributed by atoms with Crippen LogP contribution in [0.4, 0.5) is 11.4 Å². The van der Waals surface area contributed by atoms with Crippen LogP contribution in [0.5, 0.6) is 11.5 Å². The standard InChI is InChI=1S/C27H31N3O4/c1-28-13-12-26-23-16-8-9-20(33-3)24(23)34-25(26)19(10-11-27(26,32)21(28)14-16)30-15-22(31)29(2)17-6-4-5-7-18(17)30/h4-9,19,21,25,32H,10-15H2,1-3H3/t19-,21-,25+,26+,27?/m1/s1. The molecule has 0 aromatic heterocycles. The van der Waals surface area contributed by atoms with Crippen LogP contribution >= 0.6 is 0 Å². The number of benzene rings is 2. The van der Waals surface area contributed by atoms with E-state index in [1.54, 1.807) is 12.0 Å². The molecule has 7 rings (SSSR count). The van der Waals surface area contributed by atoms with Crippen LogP contribution in [0.1, 0.15) is 30.4 Å². The molecule has 3 heterocycles. The molecule has 2 aromatic carbocycles. The quantitative estimate of drug-likeness (QED) is 0.741. The largest absolute Gasteiger partial charge is 0.493 e. The molecule has 1 spiro atoms. The molecule has 34 heavy (non-hydrogen) atoms. The Bertz CT molecular complexity index is 1220. The van der Waals surface area contributed by atoms with E-state index in [4.69, 9.17) is 9.47 Å². The molecular formula is C27H31N3O4. The molecule has 7 nitrogen and oxygen atoms in total. The highest BCUT2D eigenvalue weighted by Crippen LogP contribution is 2.66. The van der Waals surface area contributed by atoms with Crippen molar-refractivity contribution in [3.8, 4) is 11.5 Å². The van der Waals surface area contributed by atoms with Crippen LogP contribution in [0.2, 0.25) is 0 Å². The number of ether oxygens (including phenoxy) is 2. The van der Waals surface area contributed by atoms with Crippen molar-refractivity contribution in [3.05, 3.63) is 47.5 Å². The fourth-order valence-corrected chi connectivity index (χ4v) is 7.95. The number of hydrogen-bond acceptors (Lipinski definition) is 6. The first-order valence-corrected chi connectivity index (χ1v) is 12.3. The van der Waals surface area contributed by atoms with E-state index >= 15 is 0 Å². The molecule has 5 aliphatic rings. The molecule has 1 saturated heterocycles. The summed E-state index contributed by atoms with van der Waals surface area (Å²) in [6, 6.07) is 12.3. The lowest BCUT2D eigenvalue weighted by atomic mass is 9.48. The number of carbonyl (C=O) groups is 1. The maximum atomic E-state index is 13.0. The number of rotatable bonds is 2. The van der Waals surface area contributed by atoms with E-state index in [1.807, 2.05) is 31.3 Å².